The molecule has 0 radical (unpaired) electrons. The van der Waals surface area contributed by atoms with E-state index in [4.69, 9.17) is 9.11 Å². The monoisotopic (exact) mass is 325 g/mol. The fourth-order valence-corrected chi connectivity index (χ4v) is 2.34. The summed E-state index contributed by atoms with van der Waals surface area (Å²) >= 11 is 0. The van der Waals surface area contributed by atoms with Gasteiger partial charge in [0.1, 0.15) is 18.2 Å². The fourth-order valence-electron chi connectivity index (χ4n) is 1.34. The van der Waals surface area contributed by atoms with E-state index in [9.17, 15) is 32.2 Å². The second-order valence-electron chi connectivity index (χ2n) is 3.52. The maximum Gasteiger partial charge on any atom is 0.399 e. The molecule has 0 aromatic carbocycles. The molecule has 1 heterocycles. The Hall–Kier alpha value is -0.420. The van der Waals surface area contributed by atoms with Crippen LogP contribution in [0.15, 0.2) is 0 Å². The van der Waals surface area contributed by atoms with Crippen LogP contribution in [-0.2, 0) is 29.6 Å². The molecule has 6 N–H and O–H groups in total. The highest BCUT2D eigenvalue weighted by atomic mass is 32.3. The van der Waals surface area contributed by atoms with E-state index in [-0.39, 0.29) is 0 Å². The Balaban J connectivity index is 2.87. The molecule has 5 atom stereocenters. The smallest absolute Gasteiger partial charge is 0.388 e. The Labute approximate surface area is 107 Å². The van der Waals surface area contributed by atoms with Crippen molar-refractivity contribution in [3.8, 4) is 0 Å². The second-order valence-corrected chi connectivity index (χ2v) is 5.75. The molecule has 1 aliphatic rings. The molecule has 0 amide bonds. The van der Waals surface area contributed by atoms with Gasteiger partial charge in [0.25, 0.3) is 0 Å². The third-order valence-electron chi connectivity index (χ3n) is 2.08. The standard InChI is InChI=1S/C5H11NO11S2/c7-2-1(6-18(10,11)12)4(9)16-5(3(2)8)17-19(13,14)15/h1-9H,(H,10,11,12)(H,13,14,15)/t1-,2-,3-,4-,5-/m1/s1. The quantitative estimate of drug-likeness (QED) is 0.275. The van der Waals surface area contributed by atoms with Gasteiger partial charge in [0, 0.05) is 0 Å². The number of nitrogens with one attached hydrogen (secondary N) is 1. The third-order valence-corrected chi connectivity index (χ3v) is 3.08. The van der Waals surface area contributed by atoms with Crippen LogP contribution in [0.5, 0.6) is 0 Å². The summed E-state index contributed by atoms with van der Waals surface area (Å²) in [5.41, 5.74) is 0. The van der Waals surface area contributed by atoms with Gasteiger partial charge in [-0.25, -0.2) is 4.18 Å². The molecule has 14 heteroatoms. The summed E-state index contributed by atoms with van der Waals surface area (Å²) in [6.07, 6.45) is -8.55. The van der Waals surface area contributed by atoms with Crippen LogP contribution in [0.3, 0.4) is 0 Å². The predicted octanol–water partition coefficient (Wildman–Crippen LogP) is -4.04. The van der Waals surface area contributed by atoms with Crippen LogP contribution in [0.2, 0.25) is 0 Å². The molecular formula is C5H11NO11S2. The maximum atomic E-state index is 10.5. The van der Waals surface area contributed by atoms with Crippen LogP contribution in [0.4, 0.5) is 0 Å². The van der Waals surface area contributed by atoms with Crippen LogP contribution < -0.4 is 4.72 Å². The van der Waals surface area contributed by atoms with Crippen LogP contribution in [0.25, 0.3) is 0 Å². The SMILES string of the molecule is O=S(=O)(O)N[C@@H]1[C@@H](O)[C@@H](O)[C@@H](OS(=O)(=O)O)O[C@H]1O. The largest absolute Gasteiger partial charge is 0.399 e. The average Bonchev–Trinajstić information content (AvgIpc) is 2.17. The number of ether oxygens (including phenoxy) is 1. The topological polar surface area (TPSA) is 200 Å². The Morgan fingerprint density at radius 3 is 1.95 bits per heavy atom. The van der Waals surface area contributed by atoms with Crippen LogP contribution in [0.1, 0.15) is 0 Å². The van der Waals surface area contributed by atoms with Gasteiger partial charge in [-0.3, -0.25) is 9.11 Å². The van der Waals surface area contributed by atoms with E-state index in [1.54, 1.807) is 0 Å². The number of rotatable bonds is 4. The minimum atomic E-state index is -5.05. The van der Waals surface area contributed by atoms with Crippen molar-refractivity contribution >= 4 is 20.7 Å². The lowest BCUT2D eigenvalue weighted by Crippen LogP contribution is -2.64. The molecule has 1 rings (SSSR count). The van der Waals surface area contributed by atoms with Gasteiger partial charge in [-0.2, -0.15) is 21.6 Å². The van der Waals surface area contributed by atoms with Crippen molar-refractivity contribution in [1.82, 2.24) is 4.72 Å². The van der Waals surface area contributed by atoms with Crippen LogP contribution >= 0.6 is 0 Å². The lowest BCUT2D eigenvalue weighted by molar-refractivity contribution is -0.293. The molecule has 114 valence electrons. The summed E-state index contributed by atoms with van der Waals surface area (Å²) < 4.78 is 68.2. The average molecular weight is 325 g/mol. The molecule has 1 aliphatic heterocycles. The predicted molar refractivity (Wildman–Crippen MR) is 54.0 cm³/mol. The van der Waals surface area contributed by atoms with E-state index in [1.165, 1.54) is 4.72 Å². The minimum absolute atomic E-state index is 1.35. The van der Waals surface area contributed by atoms with Crippen molar-refractivity contribution in [2.45, 2.75) is 30.8 Å². The maximum absolute atomic E-state index is 10.5. The van der Waals surface area contributed by atoms with E-state index in [1.807, 2.05) is 0 Å². The van der Waals surface area contributed by atoms with Crippen molar-refractivity contribution in [2.75, 3.05) is 0 Å². The van der Waals surface area contributed by atoms with E-state index < -0.39 is 51.5 Å². The summed E-state index contributed by atoms with van der Waals surface area (Å²) in [5.74, 6) is 0. The van der Waals surface area contributed by atoms with E-state index >= 15 is 0 Å². The molecule has 1 saturated heterocycles. The minimum Gasteiger partial charge on any atom is -0.388 e. The summed E-state index contributed by atoms with van der Waals surface area (Å²) in [7, 11) is -9.89. The van der Waals surface area contributed by atoms with Crippen LogP contribution in [0, 0.1) is 0 Å². The molecule has 0 bridgehead atoms. The Kier molecular flexibility index (Phi) is 4.84. The number of hydrogen-bond donors (Lipinski definition) is 6. The summed E-state index contributed by atoms with van der Waals surface area (Å²) in [4.78, 5) is 0. The first-order valence-corrected chi connectivity index (χ1v) is 7.31. The van der Waals surface area contributed by atoms with Gasteiger partial charge >= 0.3 is 20.7 Å². The Morgan fingerprint density at radius 1 is 1.00 bits per heavy atom. The van der Waals surface area contributed by atoms with Gasteiger partial charge in [-0.15, -0.1) is 0 Å². The zero-order valence-corrected chi connectivity index (χ0v) is 10.5. The van der Waals surface area contributed by atoms with E-state index in [0.29, 0.717) is 0 Å². The Morgan fingerprint density at radius 2 is 1.53 bits per heavy atom. The van der Waals surface area contributed by atoms with Crippen LogP contribution in [-0.4, -0.2) is 72.1 Å². The molecule has 0 aromatic heterocycles. The van der Waals surface area contributed by atoms with Gasteiger partial charge in [-0.05, 0) is 0 Å². The number of hydrogen-bond acceptors (Lipinski definition) is 9. The van der Waals surface area contributed by atoms with E-state index in [2.05, 4.69) is 8.92 Å². The van der Waals surface area contributed by atoms with Crippen molar-refractivity contribution < 1.29 is 50.2 Å². The fraction of sp³-hybridized carbons (Fsp3) is 1.00. The third kappa shape index (κ3) is 4.88. The first-order valence-electron chi connectivity index (χ1n) is 4.51. The number of aliphatic hydroxyl groups excluding tert-OH is 3. The van der Waals surface area contributed by atoms with Crippen molar-refractivity contribution in [3.05, 3.63) is 0 Å². The molecule has 0 unspecified atom stereocenters. The summed E-state index contributed by atoms with van der Waals surface area (Å²) in [5, 5.41) is 28.1. The molecule has 12 nitrogen and oxygen atoms in total. The highest BCUT2D eigenvalue weighted by Crippen LogP contribution is 2.22. The zero-order valence-electron chi connectivity index (χ0n) is 8.89. The zero-order chi connectivity index (χ0) is 15.0. The van der Waals surface area contributed by atoms with Gasteiger partial charge in [0.15, 0.2) is 6.29 Å². The van der Waals surface area contributed by atoms with E-state index in [0.717, 1.165) is 0 Å². The molecule has 1 fully saturated rings. The first kappa shape index (κ1) is 16.6. The molecule has 0 aliphatic carbocycles. The van der Waals surface area contributed by atoms with Gasteiger partial charge in [0.05, 0.1) is 0 Å². The Bertz CT molecular complexity index is 513. The summed E-state index contributed by atoms with van der Waals surface area (Å²) in [6.45, 7) is 0. The molecular weight excluding hydrogens is 314 g/mol. The highest BCUT2D eigenvalue weighted by Gasteiger charge is 2.47. The van der Waals surface area contributed by atoms with Crippen molar-refractivity contribution in [1.29, 1.82) is 0 Å². The van der Waals surface area contributed by atoms with Crippen molar-refractivity contribution in [3.63, 3.8) is 0 Å². The molecule has 0 aromatic rings. The highest BCUT2D eigenvalue weighted by molar-refractivity contribution is 7.83. The second kappa shape index (κ2) is 5.52. The summed E-state index contributed by atoms with van der Waals surface area (Å²) in [6, 6.07) is -1.88. The normalized spacial score (nSPS) is 37.2. The lowest BCUT2D eigenvalue weighted by atomic mass is 10.0. The van der Waals surface area contributed by atoms with Gasteiger partial charge < -0.3 is 20.1 Å². The lowest BCUT2D eigenvalue weighted by Gasteiger charge is -2.38. The van der Waals surface area contributed by atoms with Crippen molar-refractivity contribution in [2.24, 2.45) is 0 Å². The van der Waals surface area contributed by atoms with Gasteiger partial charge in [0.2, 0.25) is 6.29 Å². The molecule has 0 spiro atoms. The number of aliphatic hydroxyl groups is 3. The van der Waals surface area contributed by atoms with Gasteiger partial charge in [-0.1, -0.05) is 0 Å². The molecule has 0 saturated carbocycles. The first-order chi connectivity index (χ1) is 8.41. The molecule has 19 heavy (non-hydrogen) atoms.